The summed E-state index contributed by atoms with van der Waals surface area (Å²) >= 11 is 5.79. The first-order chi connectivity index (χ1) is 7.50. The minimum atomic E-state index is -0.466. The summed E-state index contributed by atoms with van der Waals surface area (Å²) in [6.07, 6.45) is 1.53. The molecule has 16 heavy (non-hydrogen) atoms. The average Bonchev–Trinajstić information content (AvgIpc) is 2.54. The van der Waals surface area contributed by atoms with Gasteiger partial charge in [0.15, 0.2) is 0 Å². The third-order valence-corrected chi connectivity index (χ3v) is 2.72. The van der Waals surface area contributed by atoms with E-state index in [-0.39, 0.29) is 5.02 Å². The highest BCUT2D eigenvalue weighted by Crippen LogP contribution is 2.32. The molecule has 0 aliphatic heterocycles. The highest BCUT2D eigenvalue weighted by atomic mass is 35.5. The van der Waals surface area contributed by atoms with Gasteiger partial charge in [0.05, 0.1) is 11.2 Å². The van der Waals surface area contributed by atoms with Gasteiger partial charge in [0.2, 0.25) is 0 Å². The highest BCUT2D eigenvalue weighted by molar-refractivity contribution is 6.31. The van der Waals surface area contributed by atoms with Crippen LogP contribution in [0.25, 0.3) is 11.1 Å². The topological polar surface area (TPSA) is 43.8 Å². The van der Waals surface area contributed by atoms with Crippen LogP contribution in [-0.2, 0) is 7.05 Å². The lowest BCUT2D eigenvalue weighted by Crippen LogP contribution is -1.99. The van der Waals surface area contributed by atoms with Crippen molar-refractivity contribution >= 4 is 17.4 Å². The number of rotatable bonds is 1. The Labute approximate surface area is 97.6 Å². The zero-order chi connectivity index (χ0) is 11.9. The van der Waals surface area contributed by atoms with E-state index in [0.717, 1.165) is 5.56 Å². The first kappa shape index (κ1) is 11.0. The molecule has 1 heterocycles. The van der Waals surface area contributed by atoms with Crippen LogP contribution in [0.1, 0.15) is 5.56 Å². The van der Waals surface area contributed by atoms with Crippen LogP contribution in [0.15, 0.2) is 18.3 Å². The zero-order valence-electron chi connectivity index (χ0n) is 8.96. The fourth-order valence-corrected chi connectivity index (χ4v) is 1.85. The van der Waals surface area contributed by atoms with Crippen molar-refractivity contribution in [3.05, 3.63) is 34.7 Å². The number of hydrogen-bond acceptors (Lipinski definition) is 2. The molecule has 2 rings (SSSR count). The number of aryl methyl sites for hydroxylation is 2. The number of anilines is 1. The molecule has 0 amide bonds. The molecule has 1 aromatic carbocycles. The Kier molecular flexibility index (Phi) is 2.59. The molecule has 0 saturated heterocycles. The molecule has 5 heteroatoms. The van der Waals surface area contributed by atoms with Crippen LogP contribution in [-0.4, -0.2) is 9.78 Å². The Morgan fingerprint density at radius 3 is 2.62 bits per heavy atom. The summed E-state index contributed by atoms with van der Waals surface area (Å²) in [6, 6.07) is 3.28. The third-order valence-electron chi connectivity index (χ3n) is 2.45. The number of halogens is 2. The lowest BCUT2D eigenvalue weighted by molar-refractivity contribution is 0.631. The molecule has 2 aromatic rings. The number of aromatic nitrogens is 2. The molecule has 3 nitrogen and oxygen atoms in total. The molecular formula is C11H11ClFN3. The van der Waals surface area contributed by atoms with Gasteiger partial charge in [-0.2, -0.15) is 5.10 Å². The van der Waals surface area contributed by atoms with Gasteiger partial charge in [-0.05, 0) is 24.6 Å². The maximum Gasteiger partial charge on any atom is 0.149 e. The van der Waals surface area contributed by atoms with Crippen molar-refractivity contribution in [3.63, 3.8) is 0 Å². The van der Waals surface area contributed by atoms with Crippen molar-refractivity contribution in [1.29, 1.82) is 0 Å². The third kappa shape index (κ3) is 1.65. The zero-order valence-corrected chi connectivity index (χ0v) is 9.72. The van der Waals surface area contributed by atoms with Crippen molar-refractivity contribution in [2.75, 3.05) is 5.73 Å². The van der Waals surface area contributed by atoms with Crippen LogP contribution in [0.3, 0.4) is 0 Å². The molecule has 0 saturated carbocycles. The van der Waals surface area contributed by atoms with Gasteiger partial charge >= 0.3 is 0 Å². The van der Waals surface area contributed by atoms with Gasteiger partial charge in [-0.1, -0.05) is 11.6 Å². The predicted molar refractivity (Wildman–Crippen MR) is 62.8 cm³/mol. The number of nitrogens with zero attached hydrogens (tertiary/aromatic N) is 2. The van der Waals surface area contributed by atoms with Crippen molar-refractivity contribution in [2.24, 2.45) is 7.05 Å². The van der Waals surface area contributed by atoms with Crippen LogP contribution in [0.2, 0.25) is 5.02 Å². The summed E-state index contributed by atoms with van der Waals surface area (Å²) in [7, 11) is 1.70. The normalized spacial score (nSPS) is 10.8. The second-order valence-electron chi connectivity index (χ2n) is 3.68. The lowest BCUT2D eigenvalue weighted by Gasteiger charge is -2.06. The Morgan fingerprint density at radius 2 is 2.06 bits per heavy atom. The average molecular weight is 240 g/mol. The van der Waals surface area contributed by atoms with Crippen molar-refractivity contribution in [1.82, 2.24) is 9.78 Å². The Hall–Kier alpha value is -1.55. The molecule has 0 atom stereocenters. The van der Waals surface area contributed by atoms with E-state index in [2.05, 4.69) is 5.10 Å². The SMILES string of the molecule is Cc1cc(Cl)c(F)c(-c2cnn(C)c2N)c1. The van der Waals surface area contributed by atoms with E-state index >= 15 is 0 Å². The van der Waals surface area contributed by atoms with Crippen LogP contribution in [0.4, 0.5) is 10.2 Å². The Balaban J connectivity index is 2.69. The molecule has 0 spiro atoms. The van der Waals surface area contributed by atoms with Crippen LogP contribution in [0.5, 0.6) is 0 Å². The van der Waals surface area contributed by atoms with Crippen LogP contribution < -0.4 is 5.73 Å². The Morgan fingerprint density at radius 1 is 1.38 bits per heavy atom. The summed E-state index contributed by atoms with van der Waals surface area (Å²) in [5.41, 5.74) is 7.62. The second-order valence-corrected chi connectivity index (χ2v) is 4.08. The molecule has 0 radical (unpaired) electrons. The molecule has 84 valence electrons. The molecule has 0 fully saturated rings. The molecule has 2 N–H and O–H groups in total. The van der Waals surface area contributed by atoms with Gasteiger partial charge in [-0.15, -0.1) is 0 Å². The number of benzene rings is 1. The van der Waals surface area contributed by atoms with Crippen LogP contribution >= 0.6 is 11.6 Å². The quantitative estimate of drug-likeness (QED) is 0.832. The Bertz CT molecular complexity index is 548. The first-order valence-corrected chi connectivity index (χ1v) is 5.12. The molecule has 0 aliphatic carbocycles. The van der Waals surface area contributed by atoms with Crippen molar-refractivity contribution in [2.45, 2.75) is 6.92 Å². The van der Waals surface area contributed by atoms with E-state index in [0.29, 0.717) is 16.9 Å². The number of nitrogen functional groups attached to an aromatic ring is 1. The highest BCUT2D eigenvalue weighted by Gasteiger charge is 2.14. The second kappa shape index (κ2) is 3.79. The number of hydrogen-bond donors (Lipinski definition) is 1. The fraction of sp³-hybridized carbons (Fsp3) is 0.182. The van der Waals surface area contributed by atoms with Gasteiger partial charge in [-0.25, -0.2) is 4.39 Å². The largest absolute Gasteiger partial charge is 0.383 e. The fourth-order valence-electron chi connectivity index (χ4n) is 1.58. The van der Waals surface area contributed by atoms with Crippen LogP contribution in [0, 0.1) is 12.7 Å². The lowest BCUT2D eigenvalue weighted by atomic mass is 10.1. The first-order valence-electron chi connectivity index (χ1n) is 4.74. The van der Waals surface area contributed by atoms with Gasteiger partial charge in [-0.3, -0.25) is 4.68 Å². The molecule has 0 bridgehead atoms. The van der Waals surface area contributed by atoms with E-state index in [9.17, 15) is 4.39 Å². The van der Waals surface area contributed by atoms with Gasteiger partial charge in [0.1, 0.15) is 11.6 Å². The minimum Gasteiger partial charge on any atom is -0.383 e. The standard InChI is InChI=1S/C11H11ClFN3/c1-6-3-7(10(13)9(12)4-6)8-5-15-16(2)11(8)14/h3-5H,14H2,1-2H3. The van der Waals surface area contributed by atoms with E-state index in [1.54, 1.807) is 19.2 Å². The maximum atomic E-state index is 13.8. The molecule has 0 unspecified atom stereocenters. The summed E-state index contributed by atoms with van der Waals surface area (Å²) in [4.78, 5) is 0. The smallest absolute Gasteiger partial charge is 0.149 e. The van der Waals surface area contributed by atoms with E-state index in [4.69, 9.17) is 17.3 Å². The molecular weight excluding hydrogens is 229 g/mol. The van der Waals surface area contributed by atoms with Gasteiger partial charge in [0.25, 0.3) is 0 Å². The van der Waals surface area contributed by atoms with Crippen molar-refractivity contribution in [3.8, 4) is 11.1 Å². The van der Waals surface area contributed by atoms with E-state index in [1.165, 1.54) is 10.9 Å². The van der Waals surface area contributed by atoms with E-state index in [1.807, 2.05) is 6.92 Å². The maximum absolute atomic E-state index is 13.8. The minimum absolute atomic E-state index is 0.0956. The monoisotopic (exact) mass is 239 g/mol. The molecule has 1 aromatic heterocycles. The molecule has 0 aliphatic rings. The van der Waals surface area contributed by atoms with Crippen molar-refractivity contribution < 1.29 is 4.39 Å². The van der Waals surface area contributed by atoms with Gasteiger partial charge in [0, 0.05) is 18.2 Å². The summed E-state index contributed by atoms with van der Waals surface area (Å²) in [5, 5.41) is 4.07. The van der Waals surface area contributed by atoms with Gasteiger partial charge < -0.3 is 5.73 Å². The summed E-state index contributed by atoms with van der Waals surface area (Å²) < 4.78 is 15.3. The summed E-state index contributed by atoms with van der Waals surface area (Å²) in [6.45, 7) is 1.85. The number of nitrogens with two attached hydrogens (primary N) is 1. The van der Waals surface area contributed by atoms with E-state index < -0.39 is 5.82 Å². The summed E-state index contributed by atoms with van der Waals surface area (Å²) in [5.74, 6) is -0.0486. The predicted octanol–water partition coefficient (Wildman–Crippen LogP) is 2.77.